The molecule has 0 saturated carbocycles. The van der Waals surface area contributed by atoms with Crippen molar-refractivity contribution in [2.45, 2.75) is 32.9 Å². The fourth-order valence-electron chi connectivity index (χ4n) is 1.96. The lowest BCUT2D eigenvalue weighted by Crippen LogP contribution is -2.31. The highest BCUT2D eigenvalue weighted by Crippen LogP contribution is 2.11. The Morgan fingerprint density at radius 3 is 3.00 bits per heavy atom. The van der Waals surface area contributed by atoms with Crippen molar-refractivity contribution in [1.82, 2.24) is 14.7 Å². The molecule has 0 aliphatic heterocycles. The minimum atomic E-state index is 0.156. The Morgan fingerprint density at radius 1 is 1.47 bits per heavy atom. The van der Waals surface area contributed by atoms with Gasteiger partial charge < -0.3 is 14.8 Å². The second-order valence-corrected chi connectivity index (χ2v) is 4.24. The fourth-order valence-corrected chi connectivity index (χ4v) is 1.96. The Bertz CT molecular complexity index is 488. The number of nitrogens with one attached hydrogen (secondary N) is 1. The number of imidazole rings is 1. The van der Waals surface area contributed by atoms with Crippen LogP contribution in [0.3, 0.4) is 0 Å². The molecule has 17 heavy (non-hydrogen) atoms. The van der Waals surface area contributed by atoms with E-state index in [0.717, 1.165) is 30.0 Å². The van der Waals surface area contributed by atoms with Gasteiger partial charge >= 0.3 is 0 Å². The summed E-state index contributed by atoms with van der Waals surface area (Å²) in [6.07, 6.45) is 2.94. The van der Waals surface area contributed by atoms with Gasteiger partial charge in [0, 0.05) is 18.8 Å². The predicted molar refractivity (Wildman–Crippen MR) is 67.9 cm³/mol. The number of rotatable bonds is 5. The molecule has 0 radical (unpaired) electrons. The molecule has 0 amide bonds. The molecule has 0 aliphatic carbocycles. The molecule has 0 saturated heterocycles. The lowest BCUT2D eigenvalue weighted by molar-refractivity contribution is 0.238. The van der Waals surface area contributed by atoms with Crippen LogP contribution in [0, 0.1) is 6.92 Å². The van der Waals surface area contributed by atoms with E-state index in [0.29, 0.717) is 0 Å². The summed E-state index contributed by atoms with van der Waals surface area (Å²) in [5.41, 5.74) is 3.17. The van der Waals surface area contributed by atoms with Crippen LogP contribution in [-0.2, 0) is 6.54 Å². The summed E-state index contributed by atoms with van der Waals surface area (Å²) in [4.78, 5) is 4.50. The summed E-state index contributed by atoms with van der Waals surface area (Å²) in [5.74, 6) is 0. The number of aryl methyl sites for hydroxylation is 1. The van der Waals surface area contributed by atoms with E-state index in [-0.39, 0.29) is 12.6 Å². The van der Waals surface area contributed by atoms with E-state index in [2.05, 4.69) is 21.6 Å². The largest absolute Gasteiger partial charge is 0.395 e. The number of aliphatic hydroxyl groups excluding tert-OH is 1. The van der Waals surface area contributed by atoms with Crippen molar-refractivity contribution in [2.75, 3.05) is 6.61 Å². The molecule has 4 nitrogen and oxygen atoms in total. The minimum absolute atomic E-state index is 0.156. The van der Waals surface area contributed by atoms with Gasteiger partial charge in [-0.2, -0.15) is 0 Å². The zero-order valence-corrected chi connectivity index (χ0v) is 10.3. The Morgan fingerprint density at radius 2 is 2.29 bits per heavy atom. The molecule has 2 heterocycles. The zero-order valence-electron chi connectivity index (χ0n) is 10.3. The van der Waals surface area contributed by atoms with Crippen LogP contribution in [0.4, 0.5) is 0 Å². The quantitative estimate of drug-likeness (QED) is 0.823. The molecule has 0 aromatic carbocycles. The molecule has 0 spiro atoms. The predicted octanol–water partition coefficient (Wildman–Crippen LogP) is 1.50. The van der Waals surface area contributed by atoms with Crippen LogP contribution in [0.1, 0.15) is 24.7 Å². The summed E-state index contributed by atoms with van der Waals surface area (Å²) < 4.78 is 2.09. The van der Waals surface area contributed by atoms with Crippen LogP contribution < -0.4 is 5.32 Å². The molecule has 2 N–H and O–H groups in total. The number of pyridine rings is 1. The van der Waals surface area contributed by atoms with Crippen molar-refractivity contribution in [3.05, 3.63) is 35.8 Å². The average Bonchev–Trinajstić information content (AvgIpc) is 2.67. The molecule has 92 valence electrons. The summed E-state index contributed by atoms with van der Waals surface area (Å²) in [6, 6.07) is 6.14. The van der Waals surface area contributed by atoms with Crippen LogP contribution in [0.2, 0.25) is 0 Å². The van der Waals surface area contributed by atoms with E-state index >= 15 is 0 Å². The second-order valence-electron chi connectivity index (χ2n) is 4.24. The van der Waals surface area contributed by atoms with Crippen LogP contribution in [-0.4, -0.2) is 27.1 Å². The Hall–Kier alpha value is -1.39. The monoisotopic (exact) mass is 233 g/mol. The molecule has 0 aliphatic rings. The first-order valence-electron chi connectivity index (χ1n) is 6.03. The van der Waals surface area contributed by atoms with E-state index in [1.54, 1.807) is 0 Å². The standard InChI is InChI=1S/C13H19N3O/c1-3-11(9-17)14-8-12-10(2)15-13-6-4-5-7-16(12)13/h4-7,11,14,17H,3,8-9H2,1-2H3. The molecule has 1 unspecified atom stereocenters. The average molecular weight is 233 g/mol. The molecule has 2 rings (SSSR count). The summed E-state index contributed by atoms with van der Waals surface area (Å²) in [7, 11) is 0. The Kier molecular flexibility index (Phi) is 3.76. The lowest BCUT2D eigenvalue weighted by Gasteiger charge is -2.14. The number of hydrogen-bond acceptors (Lipinski definition) is 3. The Labute approximate surface area is 101 Å². The van der Waals surface area contributed by atoms with Gasteiger partial charge in [-0.05, 0) is 25.5 Å². The van der Waals surface area contributed by atoms with E-state index < -0.39 is 0 Å². The van der Waals surface area contributed by atoms with E-state index in [1.165, 1.54) is 0 Å². The highest BCUT2D eigenvalue weighted by atomic mass is 16.3. The van der Waals surface area contributed by atoms with E-state index in [9.17, 15) is 0 Å². The van der Waals surface area contributed by atoms with Crippen molar-refractivity contribution in [1.29, 1.82) is 0 Å². The number of aromatic nitrogens is 2. The van der Waals surface area contributed by atoms with E-state index in [4.69, 9.17) is 5.11 Å². The first kappa shape index (κ1) is 12.1. The molecule has 2 aromatic heterocycles. The SMILES string of the molecule is CCC(CO)NCc1c(C)nc2ccccn12. The molecule has 4 heteroatoms. The van der Waals surface area contributed by atoms with Gasteiger partial charge in [0.1, 0.15) is 5.65 Å². The number of nitrogens with zero attached hydrogens (tertiary/aromatic N) is 2. The summed E-state index contributed by atoms with van der Waals surface area (Å²) in [5, 5.41) is 12.5. The van der Waals surface area contributed by atoms with Gasteiger partial charge in [-0.1, -0.05) is 13.0 Å². The molecule has 0 bridgehead atoms. The minimum Gasteiger partial charge on any atom is -0.395 e. The number of hydrogen-bond donors (Lipinski definition) is 2. The molecular formula is C13H19N3O. The van der Waals surface area contributed by atoms with Gasteiger partial charge in [0.05, 0.1) is 18.0 Å². The lowest BCUT2D eigenvalue weighted by atomic mass is 10.2. The first-order valence-corrected chi connectivity index (χ1v) is 6.03. The number of aliphatic hydroxyl groups is 1. The van der Waals surface area contributed by atoms with Gasteiger partial charge in [-0.25, -0.2) is 4.98 Å². The highest BCUT2D eigenvalue weighted by Gasteiger charge is 2.10. The summed E-state index contributed by atoms with van der Waals surface area (Å²) in [6.45, 7) is 4.99. The van der Waals surface area contributed by atoms with Crippen molar-refractivity contribution < 1.29 is 5.11 Å². The normalized spacial score (nSPS) is 13.1. The molecule has 1 atom stereocenters. The maximum atomic E-state index is 9.15. The highest BCUT2D eigenvalue weighted by molar-refractivity contribution is 5.42. The molecule has 2 aromatic rings. The van der Waals surface area contributed by atoms with Crippen LogP contribution in [0.5, 0.6) is 0 Å². The Balaban J connectivity index is 2.20. The van der Waals surface area contributed by atoms with E-state index in [1.807, 2.05) is 31.3 Å². The van der Waals surface area contributed by atoms with Crippen molar-refractivity contribution >= 4 is 5.65 Å². The fraction of sp³-hybridized carbons (Fsp3) is 0.462. The van der Waals surface area contributed by atoms with Crippen LogP contribution in [0.15, 0.2) is 24.4 Å². The maximum absolute atomic E-state index is 9.15. The van der Waals surface area contributed by atoms with Crippen LogP contribution >= 0.6 is 0 Å². The second kappa shape index (κ2) is 5.29. The zero-order chi connectivity index (χ0) is 12.3. The topological polar surface area (TPSA) is 49.6 Å². The van der Waals surface area contributed by atoms with Crippen molar-refractivity contribution in [3.8, 4) is 0 Å². The molecular weight excluding hydrogens is 214 g/mol. The van der Waals surface area contributed by atoms with Crippen LogP contribution in [0.25, 0.3) is 5.65 Å². The first-order chi connectivity index (χ1) is 8.26. The third kappa shape index (κ3) is 2.48. The van der Waals surface area contributed by atoms with Gasteiger partial charge in [0.2, 0.25) is 0 Å². The third-order valence-electron chi connectivity index (χ3n) is 3.10. The van der Waals surface area contributed by atoms with Crippen molar-refractivity contribution in [2.24, 2.45) is 0 Å². The maximum Gasteiger partial charge on any atom is 0.137 e. The van der Waals surface area contributed by atoms with Gasteiger partial charge in [-0.3, -0.25) is 0 Å². The van der Waals surface area contributed by atoms with Gasteiger partial charge in [0.15, 0.2) is 0 Å². The van der Waals surface area contributed by atoms with Gasteiger partial charge in [0.25, 0.3) is 0 Å². The van der Waals surface area contributed by atoms with Gasteiger partial charge in [-0.15, -0.1) is 0 Å². The third-order valence-corrected chi connectivity index (χ3v) is 3.10. The number of fused-ring (bicyclic) bond motifs is 1. The smallest absolute Gasteiger partial charge is 0.137 e. The molecule has 0 fully saturated rings. The summed E-state index contributed by atoms with van der Waals surface area (Å²) >= 11 is 0. The van der Waals surface area contributed by atoms with Crippen molar-refractivity contribution in [3.63, 3.8) is 0 Å².